The number of halogens is 1. The van der Waals surface area contributed by atoms with Crippen LogP contribution in [0.25, 0.3) is 11.0 Å². The molecule has 0 amide bonds. The quantitative estimate of drug-likeness (QED) is 0.857. The van der Waals surface area contributed by atoms with E-state index in [1.807, 2.05) is 12.1 Å². The van der Waals surface area contributed by atoms with Crippen molar-refractivity contribution in [1.29, 1.82) is 0 Å². The highest BCUT2D eigenvalue weighted by molar-refractivity contribution is 6.31. The average molecular weight is 264 g/mol. The van der Waals surface area contributed by atoms with Crippen LogP contribution in [0.2, 0.25) is 5.02 Å². The number of imidazole rings is 1. The van der Waals surface area contributed by atoms with Crippen LogP contribution in [-0.2, 0) is 7.05 Å². The molecule has 0 aliphatic carbocycles. The van der Waals surface area contributed by atoms with Crippen molar-refractivity contribution in [2.45, 2.75) is 31.7 Å². The lowest BCUT2D eigenvalue weighted by Gasteiger charge is -2.27. The first-order chi connectivity index (χ1) is 8.65. The number of benzene rings is 1. The van der Waals surface area contributed by atoms with Crippen LogP contribution in [0.3, 0.4) is 0 Å². The molecule has 2 heterocycles. The van der Waals surface area contributed by atoms with Gasteiger partial charge >= 0.3 is 0 Å². The number of hydrogen-bond donors (Lipinski definition) is 1. The minimum Gasteiger partial charge on any atom is -0.331 e. The van der Waals surface area contributed by atoms with Crippen molar-refractivity contribution >= 4 is 22.6 Å². The first-order valence-electron chi connectivity index (χ1n) is 6.50. The molecule has 1 N–H and O–H groups in total. The zero-order valence-electron chi connectivity index (χ0n) is 10.8. The van der Waals surface area contributed by atoms with Crippen molar-refractivity contribution in [3.63, 3.8) is 0 Å². The molecule has 2 aromatic rings. The summed E-state index contributed by atoms with van der Waals surface area (Å²) in [5, 5.41) is 4.24. The SMILES string of the molecule is CC1CC(c2nc3cc(Cl)ccc3n2C)CCN1. The molecule has 1 aromatic carbocycles. The van der Waals surface area contributed by atoms with Gasteiger partial charge in [-0.2, -0.15) is 0 Å². The molecule has 1 aliphatic heterocycles. The van der Waals surface area contributed by atoms with Crippen LogP contribution in [-0.4, -0.2) is 22.1 Å². The number of aromatic nitrogens is 2. The Hall–Kier alpha value is -1.06. The van der Waals surface area contributed by atoms with E-state index in [-0.39, 0.29) is 0 Å². The molecule has 18 heavy (non-hydrogen) atoms. The van der Waals surface area contributed by atoms with Crippen LogP contribution in [0.5, 0.6) is 0 Å². The summed E-state index contributed by atoms with van der Waals surface area (Å²) in [4.78, 5) is 4.78. The molecule has 96 valence electrons. The summed E-state index contributed by atoms with van der Waals surface area (Å²) in [5.41, 5.74) is 2.17. The van der Waals surface area contributed by atoms with Gasteiger partial charge in [-0.15, -0.1) is 0 Å². The Balaban J connectivity index is 2.03. The number of piperidine rings is 1. The van der Waals surface area contributed by atoms with Crippen LogP contribution in [0.4, 0.5) is 0 Å². The summed E-state index contributed by atoms with van der Waals surface area (Å²) in [6.45, 7) is 3.32. The summed E-state index contributed by atoms with van der Waals surface area (Å²) in [5.74, 6) is 1.75. The van der Waals surface area contributed by atoms with E-state index in [1.165, 1.54) is 11.3 Å². The molecule has 0 bridgehead atoms. The van der Waals surface area contributed by atoms with Crippen molar-refractivity contribution in [3.8, 4) is 0 Å². The monoisotopic (exact) mass is 263 g/mol. The number of fused-ring (bicyclic) bond motifs is 1. The topological polar surface area (TPSA) is 29.9 Å². The van der Waals surface area contributed by atoms with Gasteiger partial charge < -0.3 is 9.88 Å². The predicted octanol–water partition coefficient (Wildman–Crippen LogP) is 3.08. The predicted molar refractivity (Wildman–Crippen MR) is 75.2 cm³/mol. The van der Waals surface area contributed by atoms with Crippen molar-refractivity contribution < 1.29 is 0 Å². The Morgan fingerprint density at radius 1 is 1.44 bits per heavy atom. The second-order valence-corrected chi connectivity index (χ2v) is 5.67. The molecular weight excluding hydrogens is 246 g/mol. The fourth-order valence-corrected chi connectivity index (χ4v) is 3.09. The minimum absolute atomic E-state index is 0.553. The van der Waals surface area contributed by atoms with Crippen LogP contribution in [0.1, 0.15) is 31.5 Å². The standard InChI is InChI=1S/C14H18ClN3/c1-9-7-10(5-6-16-9)14-17-12-8-11(15)3-4-13(12)18(14)2/h3-4,8-10,16H,5-7H2,1-2H3. The van der Waals surface area contributed by atoms with Gasteiger partial charge in [0.15, 0.2) is 0 Å². The molecule has 1 saturated heterocycles. The maximum Gasteiger partial charge on any atom is 0.112 e. The molecule has 2 atom stereocenters. The van der Waals surface area contributed by atoms with Crippen molar-refractivity contribution in [2.75, 3.05) is 6.54 Å². The molecule has 1 aromatic heterocycles. The smallest absolute Gasteiger partial charge is 0.112 e. The van der Waals surface area contributed by atoms with Gasteiger partial charge in [0.05, 0.1) is 11.0 Å². The van der Waals surface area contributed by atoms with Crippen molar-refractivity contribution in [3.05, 3.63) is 29.0 Å². The number of nitrogens with one attached hydrogen (secondary N) is 1. The highest BCUT2D eigenvalue weighted by Gasteiger charge is 2.24. The first kappa shape index (κ1) is 12.0. The van der Waals surface area contributed by atoms with E-state index >= 15 is 0 Å². The van der Waals surface area contributed by atoms with E-state index in [0.717, 1.165) is 29.9 Å². The fraction of sp³-hybridized carbons (Fsp3) is 0.500. The van der Waals surface area contributed by atoms with Crippen LogP contribution < -0.4 is 5.32 Å². The molecule has 3 rings (SSSR count). The lowest BCUT2D eigenvalue weighted by Crippen LogP contribution is -2.35. The molecule has 0 radical (unpaired) electrons. The molecular formula is C14H18ClN3. The molecule has 2 unspecified atom stereocenters. The summed E-state index contributed by atoms with van der Waals surface area (Å²) >= 11 is 6.03. The largest absolute Gasteiger partial charge is 0.331 e. The Morgan fingerprint density at radius 2 is 2.28 bits per heavy atom. The van der Waals surface area contributed by atoms with E-state index in [4.69, 9.17) is 16.6 Å². The zero-order chi connectivity index (χ0) is 12.7. The van der Waals surface area contributed by atoms with Gasteiger partial charge in [0.1, 0.15) is 5.82 Å². The second-order valence-electron chi connectivity index (χ2n) is 5.24. The third-order valence-corrected chi connectivity index (χ3v) is 4.10. The molecule has 4 heteroatoms. The van der Waals surface area contributed by atoms with Gasteiger partial charge in [-0.1, -0.05) is 11.6 Å². The van der Waals surface area contributed by atoms with Crippen LogP contribution in [0, 0.1) is 0 Å². The van der Waals surface area contributed by atoms with E-state index in [0.29, 0.717) is 12.0 Å². The average Bonchev–Trinajstić information content (AvgIpc) is 2.66. The van der Waals surface area contributed by atoms with Crippen LogP contribution >= 0.6 is 11.6 Å². The minimum atomic E-state index is 0.553. The Bertz CT molecular complexity index is 576. The second kappa shape index (κ2) is 4.56. The van der Waals surface area contributed by atoms with E-state index in [1.54, 1.807) is 0 Å². The van der Waals surface area contributed by atoms with Gasteiger partial charge in [-0.3, -0.25) is 0 Å². The Kier molecular flexibility index (Phi) is 3.04. The fourth-order valence-electron chi connectivity index (χ4n) is 2.92. The first-order valence-corrected chi connectivity index (χ1v) is 6.88. The number of nitrogens with zero attached hydrogens (tertiary/aromatic N) is 2. The van der Waals surface area contributed by atoms with Gasteiger partial charge in [-0.05, 0) is 44.5 Å². The highest BCUT2D eigenvalue weighted by Crippen LogP contribution is 2.30. The maximum atomic E-state index is 6.03. The lowest BCUT2D eigenvalue weighted by atomic mass is 9.92. The number of hydrogen-bond acceptors (Lipinski definition) is 2. The Morgan fingerprint density at radius 3 is 3.06 bits per heavy atom. The van der Waals surface area contributed by atoms with E-state index < -0.39 is 0 Å². The van der Waals surface area contributed by atoms with Gasteiger partial charge in [0, 0.05) is 24.0 Å². The van der Waals surface area contributed by atoms with E-state index in [9.17, 15) is 0 Å². The van der Waals surface area contributed by atoms with Crippen LogP contribution in [0.15, 0.2) is 18.2 Å². The zero-order valence-corrected chi connectivity index (χ0v) is 11.5. The summed E-state index contributed by atoms with van der Waals surface area (Å²) in [7, 11) is 2.10. The molecule has 0 saturated carbocycles. The lowest BCUT2D eigenvalue weighted by molar-refractivity contribution is 0.367. The van der Waals surface area contributed by atoms with Crippen molar-refractivity contribution in [1.82, 2.24) is 14.9 Å². The summed E-state index contributed by atoms with van der Waals surface area (Å²) in [6, 6.07) is 6.51. The highest BCUT2D eigenvalue weighted by atomic mass is 35.5. The maximum absolute atomic E-state index is 6.03. The third-order valence-electron chi connectivity index (χ3n) is 3.87. The molecule has 1 aliphatic rings. The summed E-state index contributed by atoms with van der Waals surface area (Å²) in [6.07, 6.45) is 2.32. The summed E-state index contributed by atoms with van der Waals surface area (Å²) < 4.78 is 2.22. The normalized spacial score (nSPS) is 24.6. The number of rotatable bonds is 1. The third kappa shape index (κ3) is 2.02. The number of aryl methyl sites for hydroxylation is 1. The Labute approximate surface area is 112 Å². The van der Waals surface area contributed by atoms with Gasteiger partial charge in [0.2, 0.25) is 0 Å². The van der Waals surface area contributed by atoms with Gasteiger partial charge in [0.25, 0.3) is 0 Å². The molecule has 0 spiro atoms. The molecule has 3 nitrogen and oxygen atoms in total. The van der Waals surface area contributed by atoms with E-state index in [2.05, 4.69) is 29.9 Å². The van der Waals surface area contributed by atoms with Crippen molar-refractivity contribution in [2.24, 2.45) is 7.05 Å². The molecule has 1 fully saturated rings. The van der Waals surface area contributed by atoms with Gasteiger partial charge in [-0.25, -0.2) is 4.98 Å².